The minimum Gasteiger partial charge on any atom is -0.381 e. The van der Waals surface area contributed by atoms with Gasteiger partial charge in [0.25, 0.3) is 0 Å². The van der Waals surface area contributed by atoms with E-state index in [1.54, 1.807) is 0 Å². The smallest absolute Gasteiger partial charge is 0.236 e. The summed E-state index contributed by atoms with van der Waals surface area (Å²) in [6, 6.07) is 0.411. The monoisotopic (exact) mass is 242 g/mol. The van der Waals surface area contributed by atoms with E-state index in [0.717, 1.165) is 32.7 Å². The molecule has 0 bridgehead atoms. The van der Waals surface area contributed by atoms with Crippen LogP contribution < -0.4 is 5.32 Å². The largest absolute Gasteiger partial charge is 0.381 e. The van der Waals surface area contributed by atoms with E-state index >= 15 is 0 Å². The van der Waals surface area contributed by atoms with Gasteiger partial charge in [-0.05, 0) is 12.3 Å². The molecule has 0 radical (unpaired) electrons. The molecule has 2 atom stereocenters. The second-order valence-electron chi connectivity index (χ2n) is 4.82. The summed E-state index contributed by atoms with van der Waals surface area (Å²) in [7, 11) is 0. The van der Waals surface area contributed by atoms with Crippen molar-refractivity contribution >= 4 is 5.91 Å². The summed E-state index contributed by atoms with van der Waals surface area (Å²) in [6.07, 6.45) is 0.998. The van der Waals surface area contributed by atoms with Crippen molar-refractivity contribution in [2.24, 2.45) is 5.92 Å². The van der Waals surface area contributed by atoms with Crippen LogP contribution in [0.3, 0.4) is 0 Å². The average molecular weight is 242 g/mol. The van der Waals surface area contributed by atoms with E-state index in [1.165, 1.54) is 0 Å². The molecule has 2 unspecified atom stereocenters. The van der Waals surface area contributed by atoms with Crippen molar-refractivity contribution in [1.29, 1.82) is 0 Å². The Morgan fingerprint density at radius 2 is 2.06 bits per heavy atom. The standard InChI is InChI=1S/C12H22N2O3/c1-10-9-17-5-2-11(10)13-8-12(15)14-3-6-16-7-4-14/h10-11,13H,2-9H2,1H3. The molecule has 2 fully saturated rings. The van der Waals surface area contributed by atoms with Gasteiger partial charge in [-0.3, -0.25) is 4.79 Å². The van der Waals surface area contributed by atoms with Crippen LogP contribution in [0.5, 0.6) is 0 Å². The van der Waals surface area contributed by atoms with Crippen LogP contribution in [0, 0.1) is 5.92 Å². The minimum absolute atomic E-state index is 0.187. The third-order valence-electron chi connectivity index (χ3n) is 3.52. The number of rotatable bonds is 3. The SMILES string of the molecule is CC1COCCC1NCC(=O)N1CCOCC1. The summed E-state index contributed by atoms with van der Waals surface area (Å²) in [5.41, 5.74) is 0. The molecule has 0 aromatic rings. The average Bonchev–Trinajstić information content (AvgIpc) is 2.38. The van der Waals surface area contributed by atoms with Gasteiger partial charge in [0, 0.05) is 25.7 Å². The molecule has 0 spiro atoms. The molecule has 17 heavy (non-hydrogen) atoms. The molecule has 2 saturated heterocycles. The second kappa shape index (κ2) is 6.33. The van der Waals surface area contributed by atoms with Gasteiger partial charge in [0.2, 0.25) is 5.91 Å². The first kappa shape index (κ1) is 12.8. The number of ether oxygens (including phenoxy) is 2. The molecular weight excluding hydrogens is 220 g/mol. The highest BCUT2D eigenvalue weighted by atomic mass is 16.5. The molecule has 0 aromatic carbocycles. The Balaban J connectivity index is 1.71. The Morgan fingerprint density at radius 1 is 1.29 bits per heavy atom. The summed E-state index contributed by atoms with van der Waals surface area (Å²) < 4.78 is 10.6. The molecule has 2 rings (SSSR count). The number of morpholine rings is 1. The zero-order chi connectivity index (χ0) is 12.1. The number of hydrogen-bond acceptors (Lipinski definition) is 4. The molecule has 98 valence electrons. The zero-order valence-electron chi connectivity index (χ0n) is 10.5. The first-order valence-electron chi connectivity index (χ1n) is 6.44. The highest BCUT2D eigenvalue weighted by molar-refractivity contribution is 5.78. The van der Waals surface area contributed by atoms with Crippen molar-refractivity contribution in [2.75, 3.05) is 46.1 Å². The third kappa shape index (κ3) is 3.66. The van der Waals surface area contributed by atoms with E-state index in [0.29, 0.717) is 31.7 Å². The predicted molar refractivity (Wildman–Crippen MR) is 63.8 cm³/mol. The molecule has 0 saturated carbocycles. The van der Waals surface area contributed by atoms with Crippen LogP contribution in [0.4, 0.5) is 0 Å². The number of amides is 1. The van der Waals surface area contributed by atoms with E-state index in [9.17, 15) is 4.79 Å². The summed E-state index contributed by atoms with van der Waals surface area (Å²) in [6.45, 7) is 6.98. The van der Waals surface area contributed by atoms with E-state index in [1.807, 2.05) is 4.90 Å². The van der Waals surface area contributed by atoms with Crippen LogP contribution in [0.25, 0.3) is 0 Å². The summed E-state index contributed by atoms with van der Waals surface area (Å²) in [5, 5.41) is 3.36. The molecule has 1 N–H and O–H groups in total. The zero-order valence-corrected chi connectivity index (χ0v) is 10.5. The lowest BCUT2D eigenvalue weighted by Gasteiger charge is -2.31. The van der Waals surface area contributed by atoms with Gasteiger partial charge in [-0.25, -0.2) is 0 Å². The van der Waals surface area contributed by atoms with Gasteiger partial charge in [-0.1, -0.05) is 6.92 Å². The first-order valence-corrected chi connectivity index (χ1v) is 6.44. The van der Waals surface area contributed by atoms with E-state index < -0.39 is 0 Å². The minimum atomic E-state index is 0.187. The highest BCUT2D eigenvalue weighted by Crippen LogP contribution is 2.13. The van der Waals surface area contributed by atoms with Crippen molar-refractivity contribution < 1.29 is 14.3 Å². The van der Waals surface area contributed by atoms with E-state index in [2.05, 4.69) is 12.2 Å². The molecule has 5 heteroatoms. The Morgan fingerprint density at radius 3 is 2.76 bits per heavy atom. The fraction of sp³-hybridized carbons (Fsp3) is 0.917. The normalized spacial score (nSPS) is 30.3. The van der Waals surface area contributed by atoms with Gasteiger partial charge in [-0.15, -0.1) is 0 Å². The molecule has 0 aromatic heterocycles. The van der Waals surface area contributed by atoms with Gasteiger partial charge in [0.15, 0.2) is 0 Å². The molecule has 1 amide bonds. The number of carbonyl (C=O) groups excluding carboxylic acids is 1. The molecular formula is C12H22N2O3. The van der Waals surface area contributed by atoms with Crippen LogP contribution in [-0.4, -0.2) is 62.9 Å². The van der Waals surface area contributed by atoms with Gasteiger partial charge < -0.3 is 19.7 Å². The van der Waals surface area contributed by atoms with Gasteiger partial charge in [-0.2, -0.15) is 0 Å². The quantitative estimate of drug-likeness (QED) is 0.748. The number of hydrogen-bond donors (Lipinski definition) is 1. The lowest BCUT2D eigenvalue weighted by molar-refractivity contribution is -0.134. The fourth-order valence-electron chi connectivity index (χ4n) is 2.33. The van der Waals surface area contributed by atoms with Crippen LogP contribution in [0.1, 0.15) is 13.3 Å². The Labute approximate surface area is 102 Å². The van der Waals surface area contributed by atoms with Crippen LogP contribution in [0.15, 0.2) is 0 Å². The second-order valence-corrected chi connectivity index (χ2v) is 4.82. The summed E-state index contributed by atoms with van der Waals surface area (Å²) in [5.74, 6) is 0.674. The van der Waals surface area contributed by atoms with Crippen LogP contribution >= 0.6 is 0 Å². The van der Waals surface area contributed by atoms with Crippen molar-refractivity contribution in [2.45, 2.75) is 19.4 Å². The third-order valence-corrected chi connectivity index (χ3v) is 3.52. The summed E-state index contributed by atoms with van der Waals surface area (Å²) >= 11 is 0. The lowest BCUT2D eigenvalue weighted by atomic mass is 9.98. The number of carbonyl (C=O) groups is 1. The molecule has 2 aliphatic heterocycles. The van der Waals surface area contributed by atoms with Crippen molar-refractivity contribution in [3.63, 3.8) is 0 Å². The number of nitrogens with one attached hydrogen (secondary N) is 1. The Bertz CT molecular complexity index is 254. The fourth-order valence-corrected chi connectivity index (χ4v) is 2.33. The van der Waals surface area contributed by atoms with Crippen molar-refractivity contribution in [1.82, 2.24) is 10.2 Å². The molecule has 5 nitrogen and oxygen atoms in total. The maximum atomic E-state index is 11.9. The summed E-state index contributed by atoms with van der Waals surface area (Å²) in [4.78, 5) is 13.8. The van der Waals surface area contributed by atoms with E-state index in [4.69, 9.17) is 9.47 Å². The Kier molecular flexibility index (Phi) is 4.76. The Hall–Kier alpha value is -0.650. The van der Waals surface area contributed by atoms with Crippen molar-refractivity contribution in [3.05, 3.63) is 0 Å². The maximum absolute atomic E-state index is 11.9. The van der Waals surface area contributed by atoms with E-state index in [-0.39, 0.29) is 5.91 Å². The highest BCUT2D eigenvalue weighted by Gasteiger charge is 2.23. The predicted octanol–water partition coefficient (Wildman–Crippen LogP) is -0.140. The lowest BCUT2D eigenvalue weighted by Crippen LogP contribution is -2.49. The molecule has 0 aliphatic carbocycles. The van der Waals surface area contributed by atoms with Crippen LogP contribution in [0.2, 0.25) is 0 Å². The van der Waals surface area contributed by atoms with Gasteiger partial charge in [0.1, 0.15) is 0 Å². The molecule has 2 aliphatic rings. The molecule has 2 heterocycles. The number of nitrogens with zero attached hydrogens (tertiary/aromatic N) is 1. The topological polar surface area (TPSA) is 50.8 Å². The van der Waals surface area contributed by atoms with Crippen molar-refractivity contribution in [3.8, 4) is 0 Å². The van der Waals surface area contributed by atoms with Gasteiger partial charge >= 0.3 is 0 Å². The van der Waals surface area contributed by atoms with Gasteiger partial charge in [0.05, 0.1) is 26.4 Å². The first-order chi connectivity index (χ1) is 8.27. The van der Waals surface area contributed by atoms with Crippen LogP contribution in [-0.2, 0) is 14.3 Å². The maximum Gasteiger partial charge on any atom is 0.236 e.